The number of aliphatic carboxylic acids is 1. The van der Waals surface area contributed by atoms with E-state index in [1.54, 1.807) is 6.92 Å². The van der Waals surface area contributed by atoms with Crippen molar-refractivity contribution < 1.29 is 14.3 Å². The van der Waals surface area contributed by atoms with Crippen LogP contribution in [0.4, 0.5) is 4.39 Å². The quantitative estimate of drug-likeness (QED) is 0.357. The van der Waals surface area contributed by atoms with E-state index < -0.39 is 17.3 Å². The molecule has 16 heavy (non-hydrogen) atoms. The molecule has 0 spiro atoms. The molecule has 0 aliphatic rings. The molecular weight excluding hydrogens is 213 g/mol. The highest BCUT2D eigenvalue weighted by molar-refractivity contribution is 5.81. The number of rotatable bonds is 6. The van der Waals surface area contributed by atoms with Gasteiger partial charge in [0.05, 0.1) is 5.84 Å². The molecule has 0 fully saturated rings. The van der Waals surface area contributed by atoms with Gasteiger partial charge in [0, 0.05) is 6.54 Å². The molecule has 1 atom stereocenters. The van der Waals surface area contributed by atoms with Crippen LogP contribution < -0.4 is 11.5 Å². The van der Waals surface area contributed by atoms with Crippen LogP contribution in [0.15, 0.2) is 16.9 Å². The molecule has 0 radical (unpaired) electrons. The average molecular weight is 231 g/mol. The van der Waals surface area contributed by atoms with Gasteiger partial charge >= 0.3 is 5.97 Å². The number of amidine groups is 1. The Hall–Kier alpha value is -1.43. The lowest BCUT2D eigenvalue weighted by Gasteiger charge is -2.16. The maximum atomic E-state index is 13.3. The Morgan fingerprint density at radius 2 is 2.19 bits per heavy atom. The number of hydrogen-bond donors (Lipinski definition) is 3. The van der Waals surface area contributed by atoms with Gasteiger partial charge in [-0.25, -0.2) is 9.18 Å². The number of aliphatic imine (C=N–C) groups is 1. The van der Waals surface area contributed by atoms with Crippen LogP contribution in [0.2, 0.25) is 0 Å². The number of nitrogens with two attached hydrogens (primary N) is 2. The van der Waals surface area contributed by atoms with Gasteiger partial charge in [0.15, 0.2) is 5.54 Å². The van der Waals surface area contributed by atoms with Crippen molar-refractivity contribution in [3.63, 3.8) is 0 Å². The van der Waals surface area contributed by atoms with E-state index in [1.165, 1.54) is 6.08 Å². The van der Waals surface area contributed by atoms with Gasteiger partial charge in [-0.3, -0.25) is 4.99 Å². The van der Waals surface area contributed by atoms with Crippen molar-refractivity contribution >= 4 is 11.8 Å². The van der Waals surface area contributed by atoms with Crippen molar-refractivity contribution in [2.45, 2.75) is 32.2 Å². The summed E-state index contributed by atoms with van der Waals surface area (Å²) < 4.78 is 13.3. The van der Waals surface area contributed by atoms with Crippen molar-refractivity contribution in [3.8, 4) is 0 Å². The van der Waals surface area contributed by atoms with Gasteiger partial charge in [0.2, 0.25) is 0 Å². The highest BCUT2D eigenvalue weighted by atomic mass is 19.1. The summed E-state index contributed by atoms with van der Waals surface area (Å²) in [6.07, 6.45) is 2.15. The van der Waals surface area contributed by atoms with Crippen LogP contribution in [0.1, 0.15) is 26.7 Å². The fourth-order valence-electron chi connectivity index (χ4n) is 0.890. The van der Waals surface area contributed by atoms with Crippen molar-refractivity contribution in [1.82, 2.24) is 0 Å². The number of carboxylic acid groups (broad SMARTS) is 1. The fraction of sp³-hybridized carbons (Fsp3) is 0.600. The third-order valence-electron chi connectivity index (χ3n) is 1.99. The van der Waals surface area contributed by atoms with Crippen LogP contribution in [0, 0.1) is 0 Å². The monoisotopic (exact) mass is 231 g/mol. The summed E-state index contributed by atoms with van der Waals surface area (Å²) in [7, 11) is 0. The fourth-order valence-corrected chi connectivity index (χ4v) is 0.890. The van der Waals surface area contributed by atoms with Crippen LogP contribution >= 0.6 is 0 Å². The zero-order valence-electron chi connectivity index (χ0n) is 9.53. The third-order valence-corrected chi connectivity index (χ3v) is 1.99. The molecular formula is C10H18FN3O2. The van der Waals surface area contributed by atoms with Gasteiger partial charge in [-0.15, -0.1) is 0 Å². The molecule has 5 N–H and O–H groups in total. The molecule has 0 amide bonds. The first-order valence-electron chi connectivity index (χ1n) is 4.93. The summed E-state index contributed by atoms with van der Waals surface area (Å²) in [4.78, 5) is 14.5. The van der Waals surface area contributed by atoms with E-state index in [2.05, 4.69) is 4.99 Å². The second-order valence-electron chi connectivity index (χ2n) is 3.72. The number of halogens is 1. The van der Waals surface area contributed by atoms with Crippen molar-refractivity contribution in [3.05, 3.63) is 11.9 Å². The Balaban J connectivity index is 4.15. The summed E-state index contributed by atoms with van der Waals surface area (Å²) in [5.74, 6) is -1.76. The van der Waals surface area contributed by atoms with Gasteiger partial charge in [-0.1, -0.05) is 6.08 Å². The van der Waals surface area contributed by atoms with Crippen molar-refractivity contribution in [2.75, 3.05) is 6.54 Å². The first-order chi connectivity index (χ1) is 7.28. The van der Waals surface area contributed by atoms with Crippen LogP contribution in [0.3, 0.4) is 0 Å². The van der Waals surface area contributed by atoms with E-state index in [1.807, 2.05) is 0 Å². The third kappa shape index (κ3) is 4.88. The van der Waals surface area contributed by atoms with Crippen LogP contribution in [0.25, 0.3) is 0 Å². The van der Waals surface area contributed by atoms with E-state index in [4.69, 9.17) is 16.6 Å². The van der Waals surface area contributed by atoms with Crippen molar-refractivity contribution in [1.29, 1.82) is 0 Å². The predicted octanol–water partition coefficient (Wildman–Crippen LogP) is 0.799. The summed E-state index contributed by atoms with van der Waals surface area (Å²) in [5, 5.41) is 8.64. The van der Waals surface area contributed by atoms with E-state index in [-0.39, 0.29) is 0 Å². The molecule has 6 heteroatoms. The molecule has 0 aliphatic carbocycles. The molecule has 1 unspecified atom stereocenters. The normalized spacial score (nSPS) is 17.0. The van der Waals surface area contributed by atoms with E-state index in [0.29, 0.717) is 25.2 Å². The number of carboxylic acids is 1. The topological polar surface area (TPSA) is 102 Å². The Kier molecular flexibility index (Phi) is 5.66. The summed E-state index contributed by atoms with van der Waals surface area (Å²) in [6, 6.07) is 0. The second-order valence-corrected chi connectivity index (χ2v) is 3.72. The minimum atomic E-state index is -1.95. The number of carbonyl (C=O) groups is 1. The highest BCUT2D eigenvalue weighted by Crippen LogP contribution is 2.16. The number of nitrogens with zero attached hydrogens (tertiary/aromatic N) is 1. The van der Waals surface area contributed by atoms with Gasteiger partial charge in [0.1, 0.15) is 5.83 Å². The minimum Gasteiger partial charge on any atom is -0.480 e. The van der Waals surface area contributed by atoms with E-state index >= 15 is 0 Å². The lowest BCUT2D eigenvalue weighted by Crippen LogP contribution is -2.45. The largest absolute Gasteiger partial charge is 0.480 e. The Labute approximate surface area is 94.0 Å². The maximum Gasteiger partial charge on any atom is 0.330 e. The summed E-state index contributed by atoms with van der Waals surface area (Å²) in [5.41, 5.74) is 8.63. The van der Waals surface area contributed by atoms with Crippen LogP contribution in [-0.4, -0.2) is 29.0 Å². The number of unbranched alkanes of at least 4 members (excludes halogenated alkanes) is 1. The number of allylic oxidation sites excluding steroid dienone is 1. The predicted molar refractivity (Wildman–Crippen MR) is 60.8 cm³/mol. The molecule has 92 valence electrons. The highest BCUT2D eigenvalue weighted by Gasteiger charge is 2.33. The summed E-state index contributed by atoms with van der Waals surface area (Å²) in [6.45, 7) is 3.27. The molecule has 5 nitrogen and oxygen atoms in total. The lowest BCUT2D eigenvalue weighted by atomic mass is 10.0. The van der Waals surface area contributed by atoms with Crippen molar-refractivity contribution in [2.24, 2.45) is 16.5 Å². The number of hydrogen-bond acceptors (Lipinski definition) is 3. The van der Waals surface area contributed by atoms with E-state index in [9.17, 15) is 9.18 Å². The van der Waals surface area contributed by atoms with Gasteiger partial charge < -0.3 is 16.6 Å². The smallest absolute Gasteiger partial charge is 0.330 e. The van der Waals surface area contributed by atoms with Crippen LogP contribution in [-0.2, 0) is 4.79 Å². The molecule has 0 saturated heterocycles. The zero-order valence-corrected chi connectivity index (χ0v) is 9.53. The molecule has 0 rings (SSSR count). The average Bonchev–Trinajstić information content (AvgIpc) is 2.16. The second kappa shape index (κ2) is 6.22. The summed E-state index contributed by atoms with van der Waals surface area (Å²) >= 11 is 0. The molecule has 0 saturated carbocycles. The Morgan fingerprint density at radius 3 is 2.62 bits per heavy atom. The molecule has 0 aromatic heterocycles. The lowest BCUT2D eigenvalue weighted by molar-refractivity contribution is -0.141. The minimum absolute atomic E-state index is 0.378. The standard InChI is InChI=1S/C10H18FN3O2/c1-7(12)14-6-4-3-5-8(11)10(2,13)9(15)16/h5H,3-4,6,13H2,1-2H3,(H2,12,14)(H,15,16)/b8-5-. The molecule has 0 aromatic carbocycles. The van der Waals surface area contributed by atoms with Crippen LogP contribution in [0.5, 0.6) is 0 Å². The molecule has 0 aromatic rings. The zero-order chi connectivity index (χ0) is 12.8. The Bertz CT molecular complexity index is 307. The SMILES string of the molecule is CC(N)=NCCC/C=C(\F)C(C)(N)C(=O)O. The Morgan fingerprint density at radius 1 is 1.62 bits per heavy atom. The van der Waals surface area contributed by atoms with Gasteiger partial charge in [-0.05, 0) is 26.7 Å². The molecule has 0 aliphatic heterocycles. The van der Waals surface area contributed by atoms with Gasteiger partial charge in [0.25, 0.3) is 0 Å². The van der Waals surface area contributed by atoms with Gasteiger partial charge in [-0.2, -0.15) is 0 Å². The first-order valence-corrected chi connectivity index (χ1v) is 4.93. The first kappa shape index (κ1) is 14.6. The maximum absolute atomic E-state index is 13.3. The van der Waals surface area contributed by atoms with E-state index in [0.717, 1.165) is 6.92 Å². The molecule has 0 heterocycles. The molecule has 0 bridgehead atoms.